The highest BCUT2D eigenvalue weighted by atomic mass is 16.1. The van der Waals surface area contributed by atoms with Crippen LogP contribution in [0.15, 0.2) is 0 Å². The first kappa shape index (κ1) is 36.0. The summed E-state index contributed by atoms with van der Waals surface area (Å²) in [6, 6.07) is 0. The van der Waals surface area contributed by atoms with E-state index in [0.29, 0.717) is 25.2 Å². The summed E-state index contributed by atoms with van der Waals surface area (Å²) >= 11 is 0. The number of carbonyl (C=O) groups excluding carboxylic acids is 3. The smallest absolute Gasteiger partial charge is 0.296 e. The van der Waals surface area contributed by atoms with Gasteiger partial charge in [-0.15, -0.1) is 0 Å². The molecule has 6 heteroatoms. The fourth-order valence-electron chi connectivity index (χ4n) is 6.29. The van der Waals surface area contributed by atoms with Gasteiger partial charge in [0.15, 0.2) is 0 Å². The molecule has 3 atom stereocenters. The van der Waals surface area contributed by atoms with Crippen molar-refractivity contribution >= 4 is 24.7 Å². The predicted octanol–water partition coefficient (Wildman–Crippen LogP) is 6.83. The third-order valence-electron chi connectivity index (χ3n) is 9.53. The first-order valence-corrected chi connectivity index (χ1v) is 15.0. The molecular weight excluding hydrogens is 459 g/mol. The Hall–Kier alpha value is -1.01. The molecule has 0 rings (SSSR count). The van der Waals surface area contributed by atoms with Gasteiger partial charge in [-0.1, -0.05) is 76.2 Å². The van der Waals surface area contributed by atoms with E-state index in [1.165, 1.54) is 0 Å². The van der Waals surface area contributed by atoms with Crippen LogP contribution in [0, 0.1) is 22.7 Å². The van der Waals surface area contributed by atoms with Crippen LogP contribution in [0.25, 0.3) is 0 Å². The van der Waals surface area contributed by atoms with Crippen molar-refractivity contribution in [3.63, 3.8) is 0 Å². The first-order chi connectivity index (χ1) is 17.0. The molecule has 0 saturated heterocycles. The second kappa shape index (κ2) is 15.0. The van der Waals surface area contributed by atoms with Crippen molar-refractivity contribution in [2.24, 2.45) is 22.7 Å². The number of hydrogen-bond donors (Lipinski definition) is 1. The lowest BCUT2D eigenvalue weighted by Crippen LogP contribution is -2.65. The Bertz CT molecular complexity index is 739. The van der Waals surface area contributed by atoms with Crippen molar-refractivity contribution in [3.05, 3.63) is 0 Å². The molecule has 0 aliphatic carbocycles. The first-order valence-electron chi connectivity index (χ1n) is 15.0. The summed E-state index contributed by atoms with van der Waals surface area (Å²) in [6.07, 6.45) is 5.46. The fourth-order valence-corrected chi connectivity index (χ4v) is 6.29. The lowest BCUT2D eigenvalue weighted by Gasteiger charge is -2.55. The summed E-state index contributed by atoms with van der Waals surface area (Å²) in [5, 5.41) is 3.19. The molecule has 0 aromatic heterocycles. The molecule has 5 nitrogen and oxygen atoms in total. The van der Waals surface area contributed by atoms with E-state index in [9.17, 15) is 14.4 Å². The van der Waals surface area contributed by atoms with E-state index < -0.39 is 16.5 Å². The molecule has 0 saturated carbocycles. The topological polar surface area (TPSA) is 66.5 Å². The number of carbonyl (C=O) groups is 3. The van der Waals surface area contributed by atoms with Crippen LogP contribution in [-0.4, -0.2) is 53.7 Å². The number of Topliss-reactive ketones (excluding diaryl/α,β-unsaturated/α-hetero) is 2. The zero-order valence-corrected chi connectivity index (χ0v) is 26.8. The standard InChI is InChI=1S/C31H60BN2O3/c1-14-24(15-2)26(36)25(21-28(9,10)11)22-34(20-7)31(18-5,19-6)29(12,16-3)27(37)32-33-30(13,17-4)23(8)35/h24-25,33H,14-22H2,1-13H3. The van der Waals surface area contributed by atoms with Crippen molar-refractivity contribution < 1.29 is 14.4 Å². The maximum atomic E-state index is 14.0. The van der Waals surface area contributed by atoms with Gasteiger partial charge in [-0.05, 0) is 70.8 Å². The van der Waals surface area contributed by atoms with Gasteiger partial charge in [0.25, 0.3) is 7.41 Å². The monoisotopic (exact) mass is 519 g/mol. The van der Waals surface area contributed by atoms with E-state index in [1.54, 1.807) is 14.3 Å². The van der Waals surface area contributed by atoms with Gasteiger partial charge in [0.2, 0.25) is 0 Å². The Morgan fingerprint density at radius 3 is 1.62 bits per heavy atom. The van der Waals surface area contributed by atoms with Gasteiger partial charge in [0.1, 0.15) is 17.2 Å². The maximum absolute atomic E-state index is 14.0. The molecule has 0 fully saturated rings. The van der Waals surface area contributed by atoms with Crippen molar-refractivity contribution in [2.75, 3.05) is 13.1 Å². The number of ketones is 2. The molecule has 0 spiro atoms. The van der Waals surface area contributed by atoms with Crippen LogP contribution in [-0.2, 0) is 14.4 Å². The summed E-state index contributed by atoms with van der Waals surface area (Å²) in [4.78, 5) is 42.5. The summed E-state index contributed by atoms with van der Waals surface area (Å²) in [5.74, 6) is 0.410. The van der Waals surface area contributed by atoms with Crippen LogP contribution in [0.4, 0.5) is 0 Å². The molecule has 1 N–H and O–H groups in total. The SMILES string of the molecule is CCC(CC)C(=O)C(CN(CC)C(CC)(CC)C(C)(CC)C(=O)[B]NC(C)(CC)C(C)=O)CC(C)(C)C. The third kappa shape index (κ3) is 8.49. The Morgan fingerprint density at radius 2 is 1.30 bits per heavy atom. The zero-order chi connectivity index (χ0) is 29.2. The van der Waals surface area contributed by atoms with Gasteiger partial charge in [0, 0.05) is 29.3 Å². The molecule has 37 heavy (non-hydrogen) atoms. The third-order valence-corrected chi connectivity index (χ3v) is 9.53. The molecular formula is C31H60BN2O3. The lowest BCUT2D eigenvalue weighted by atomic mass is 9.55. The van der Waals surface area contributed by atoms with Crippen LogP contribution in [0.5, 0.6) is 0 Å². The summed E-state index contributed by atoms with van der Waals surface area (Å²) in [5.41, 5.74) is -1.78. The number of nitrogens with zero attached hydrogens (tertiary/aromatic N) is 1. The van der Waals surface area contributed by atoms with Gasteiger partial charge >= 0.3 is 0 Å². The van der Waals surface area contributed by atoms with E-state index >= 15 is 0 Å². The van der Waals surface area contributed by atoms with Crippen molar-refractivity contribution in [2.45, 2.75) is 146 Å². The van der Waals surface area contributed by atoms with Crippen LogP contribution in [0.1, 0.15) is 135 Å². The quantitative estimate of drug-likeness (QED) is 0.189. The molecule has 3 unspecified atom stereocenters. The van der Waals surface area contributed by atoms with Crippen LogP contribution < -0.4 is 5.23 Å². The van der Waals surface area contributed by atoms with Crippen molar-refractivity contribution in [1.29, 1.82) is 0 Å². The van der Waals surface area contributed by atoms with E-state index in [4.69, 9.17) is 0 Å². The average Bonchev–Trinajstić information content (AvgIpc) is 2.85. The summed E-state index contributed by atoms with van der Waals surface area (Å²) in [7, 11) is 1.56. The molecule has 0 amide bonds. The second-order valence-corrected chi connectivity index (χ2v) is 12.7. The predicted molar refractivity (Wildman–Crippen MR) is 159 cm³/mol. The Morgan fingerprint density at radius 1 is 0.784 bits per heavy atom. The molecule has 0 aliphatic rings. The molecule has 0 aromatic carbocycles. The van der Waals surface area contributed by atoms with Gasteiger partial charge in [-0.2, -0.15) is 0 Å². The molecule has 0 aliphatic heterocycles. The van der Waals surface area contributed by atoms with E-state index in [-0.39, 0.29) is 28.7 Å². The summed E-state index contributed by atoms with van der Waals surface area (Å²) < 4.78 is 0. The minimum Gasteiger partial charge on any atom is -0.342 e. The van der Waals surface area contributed by atoms with Gasteiger partial charge in [-0.3, -0.25) is 14.5 Å². The van der Waals surface area contributed by atoms with Gasteiger partial charge < -0.3 is 10.0 Å². The highest BCUT2D eigenvalue weighted by Crippen LogP contribution is 2.46. The van der Waals surface area contributed by atoms with E-state index in [0.717, 1.165) is 38.6 Å². The number of hydrogen-bond acceptors (Lipinski definition) is 5. The number of nitrogens with one attached hydrogen (secondary N) is 1. The van der Waals surface area contributed by atoms with Crippen molar-refractivity contribution in [1.82, 2.24) is 10.1 Å². The van der Waals surface area contributed by atoms with Gasteiger partial charge in [0.05, 0.1) is 5.54 Å². The van der Waals surface area contributed by atoms with Crippen LogP contribution >= 0.6 is 0 Å². The van der Waals surface area contributed by atoms with Crippen molar-refractivity contribution in [3.8, 4) is 0 Å². The summed E-state index contributed by atoms with van der Waals surface area (Å²) in [6.45, 7) is 28.4. The second-order valence-electron chi connectivity index (χ2n) is 12.7. The highest BCUT2D eigenvalue weighted by molar-refractivity contribution is 6.73. The maximum Gasteiger partial charge on any atom is 0.296 e. The minimum atomic E-state index is -0.755. The molecule has 1 radical (unpaired) electrons. The highest BCUT2D eigenvalue weighted by Gasteiger charge is 2.53. The molecule has 0 heterocycles. The lowest BCUT2D eigenvalue weighted by molar-refractivity contribution is -0.136. The molecule has 0 aromatic rings. The fraction of sp³-hybridized carbons (Fsp3) is 0.903. The zero-order valence-electron chi connectivity index (χ0n) is 26.8. The molecule has 0 bridgehead atoms. The van der Waals surface area contributed by atoms with Gasteiger partial charge in [-0.25, -0.2) is 0 Å². The Labute approximate surface area is 230 Å². The Kier molecular flexibility index (Phi) is 14.6. The van der Waals surface area contributed by atoms with Crippen LogP contribution in [0.3, 0.4) is 0 Å². The van der Waals surface area contributed by atoms with E-state index in [1.807, 2.05) is 13.8 Å². The Balaban J connectivity index is 6.49. The minimum absolute atomic E-state index is 0.0228. The van der Waals surface area contributed by atoms with E-state index in [2.05, 4.69) is 79.4 Å². The average molecular weight is 520 g/mol. The normalized spacial score (nSPS) is 16.8. The number of rotatable bonds is 19. The molecule has 215 valence electrons. The largest absolute Gasteiger partial charge is 0.342 e. The van der Waals surface area contributed by atoms with Crippen LogP contribution in [0.2, 0.25) is 0 Å².